The summed E-state index contributed by atoms with van der Waals surface area (Å²) in [4.78, 5) is 30.2. The van der Waals surface area contributed by atoms with Crippen LogP contribution in [0.3, 0.4) is 0 Å². The minimum atomic E-state index is -0.193. The maximum absolute atomic E-state index is 13.4. The third-order valence-electron chi connectivity index (χ3n) is 7.47. The lowest BCUT2D eigenvalue weighted by Crippen LogP contribution is -2.45. The molecule has 1 N–H and O–H groups in total. The average Bonchev–Trinajstić information content (AvgIpc) is 3.48. The van der Waals surface area contributed by atoms with E-state index in [-0.39, 0.29) is 23.3 Å². The topological polar surface area (TPSA) is 61.9 Å². The molecular weight excluding hydrogens is 446 g/mol. The molecule has 0 aliphatic carbocycles. The molecule has 7 heteroatoms. The van der Waals surface area contributed by atoms with Crippen LogP contribution in [0.1, 0.15) is 56.7 Å². The fourth-order valence-corrected chi connectivity index (χ4v) is 5.82. The summed E-state index contributed by atoms with van der Waals surface area (Å²) in [6.07, 6.45) is 3.69. The molecule has 3 heterocycles. The Morgan fingerprint density at radius 2 is 1.82 bits per heavy atom. The molecule has 2 aliphatic heterocycles. The van der Waals surface area contributed by atoms with Gasteiger partial charge in [0, 0.05) is 25.6 Å². The first kappa shape index (κ1) is 24.7. The Bertz CT molecular complexity index is 950. The predicted molar refractivity (Wildman–Crippen MR) is 136 cm³/mol. The van der Waals surface area contributed by atoms with Gasteiger partial charge in [0.2, 0.25) is 11.8 Å². The molecule has 4 rings (SSSR count). The first-order valence-electron chi connectivity index (χ1n) is 12.4. The number of rotatable bonds is 9. The second-order valence-corrected chi connectivity index (χ2v) is 10.8. The molecule has 0 bridgehead atoms. The summed E-state index contributed by atoms with van der Waals surface area (Å²) in [5, 5.41) is 7.42. The first-order valence-corrected chi connectivity index (χ1v) is 13.3. The molecule has 2 aliphatic rings. The van der Waals surface area contributed by atoms with Crippen molar-refractivity contribution < 1.29 is 14.3 Å². The SMILES string of the molecule is COc1ccc(CN2CCC3(CCN(CC[C@H](NC(=O)C(C)C)c4ccsc4)CC3)C2=O)cc1. The smallest absolute Gasteiger partial charge is 0.229 e. The number of methoxy groups -OCH3 is 1. The van der Waals surface area contributed by atoms with Gasteiger partial charge in [0.15, 0.2) is 0 Å². The van der Waals surface area contributed by atoms with Gasteiger partial charge < -0.3 is 19.9 Å². The van der Waals surface area contributed by atoms with Crippen LogP contribution in [-0.4, -0.2) is 54.9 Å². The van der Waals surface area contributed by atoms with Gasteiger partial charge in [-0.2, -0.15) is 11.3 Å². The lowest BCUT2D eigenvalue weighted by molar-refractivity contribution is -0.139. The van der Waals surface area contributed by atoms with E-state index in [1.807, 2.05) is 43.0 Å². The molecule has 6 nitrogen and oxygen atoms in total. The maximum atomic E-state index is 13.4. The van der Waals surface area contributed by atoms with Gasteiger partial charge in [0.1, 0.15) is 5.75 Å². The van der Waals surface area contributed by atoms with Crippen molar-refractivity contribution in [1.82, 2.24) is 15.1 Å². The van der Waals surface area contributed by atoms with Gasteiger partial charge >= 0.3 is 0 Å². The third-order valence-corrected chi connectivity index (χ3v) is 8.17. The van der Waals surface area contributed by atoms with Gasteiger partial charge in [0.05, 0.1) is 18.6 Å². The van der Waals surface area contributed by atoms with Crippen molar-refractivity contribution in [2.24, 2.45) is 11.3 Å². The Balaban J connectivity index is 1.29. The summed E-state index contributed by atoms with van der Waals surface area (Å²) in [6.45, 7) is 8.19. The van der Waals surface area contributed by atoms with Crippen LogP contribution in [0.15, 0.2) is 41.1 Å². The van der Waals surface area contributed by atoms with Crippen molar-refractivity contribution in [1.29, 1.82) is 0 Å². The molecule has 2 aromatic rings. The number of likely N-dealkylation sites (tertiary alicyclic amines) is 2. The van der Waals surface area contributed by atoms with Crippen LogP contribution in [0.25, 0.3) is 0 Å². The zero-order valence-corrected chi connectivity index (χ0v) is 21.4. The third kappa shape index (κ3) is 5.63. The van der Waals surface area contributed by atoms with E-state index in [0.29, 0.717) is 12.5 Å². The number of carbonyl (C=O) groups is 2. The van der Waals surface area contributed by atoms with Crippen molar-refractivity contribution in [3.05, 3.63) is 52.2 Å². The van der Waals surface area contributed by atoms with E-state index < -0.39 is 0 Å². The number of hydrogen-bond acceptors (Lipinski definition) is 5. The maximum Gasteiger partial charge on any atom is 0.229 e. The highest BCUT2D eigenvalue weighted by Gasteiger charge is 2.47. The molecular formula is C27H37N3O3S. The second kappa shape index (κ2) is 10.9. The van der Waals surface area contributed by atoms with E-state index in [9.17, 15) is 9.59 Å². The van der Waals surface area contributed by atoms with E-state index in [1.165, 1.54) is 5.56 Å². The molecule has 184 valence electrons. The van der Waals surface area contributed by atoms with Crippen molar-refractivity contribution in [3.63, 3.8) is 0 Å². The highest BCUT2D eigenvalue weighted by atomic mass is 32.1. The Hall–Kier alpha value is -2.38. The summed E-state index contributed by atoms with van der Waals surface area (Å²) in [5.74, 6) is 1.24. The van der Waals surface area contributed by atoms with E-state index in [1.54, 1.807) is 18.4 Å². The number of ether oxygens (including phenoxy) is 1. The highest BCUT2D eigenvalue weighted by molar-refractivity contribution is 7.08. The Labute approximate surface area is 207 Å². The second-order valence-electron chi connectivity index (χ2n) is 10.0. The Morgan fingerprint density at radius 3 is 2.44 bits per heavy atom. The summed E-state index contributed by atoms with van der Waals surface area (Å²) < 4.78 is 5.24. The molecule has 2 saturated heterocycles. The molecule has 1 aromatic carbocycles. The first-order chi connectivity index (χ1) is 16.4. The zero-order chi connectivity index (χ0) is 24.1. The van der Waals surface area contributed by atoms with E-state index in [4.69, 9.17) is 4.74 Å². The number of benzene rings is 1. The molecule has 2 fully saturated rings. The van der Waals surface area contributed by atoms with E-state index >= 15 is 0 Å². The fraction of sp³-hybridized carbons (Fsp3) is 0.556. The lowest BCUT2D eigenvalue weighted by Gasteiger charge is -2.38. The summed E-state index contributed by atoms with van der Waals surface area (Å²) in [6, 6.07) is 10.2. The number of nitrogens with one attached hydrogen (secondary N) is 1. The van der Waals surface area contributed by atoms with Crippen LogP contribution in [0.4, 0.5) is 0 Å². The van der Waals surface area contributed by atoms with Gasteiger partial charge in [0.25, 0.3) is 0 Å². The van der Waals surface area contributed by atoms with Gasteiger partial charge in [-0.3, -0.25) is 9.59 Å². The molecule has 1 spiro atoms. The van der Waals surface area contributed by atoms with Crippen LogP contribution >= 0.6 is 11.3 Å². The number of thiophene rings is 1. The van der Waals surface area contributed by atoms with Crippen LogP contribution in [0.5, 0.6) is 5.75 Å². The molecule has 2 amide bonds. The Morgan fingerprint density at radius 1 is 1.12 bits per heavy atom. The van der Waals surface area contributed by atoms with Crippen molar-refractivity contribution >= 4 is 23.2 Å². The normalized spacial score (nSPS) is 19.1. The summed E-state index contributed by atoms with van der Waals surface area (Å²) in [7, 11) is 1.67. The van der Waals surface area contributed by atoms with Crippen molar-refractivity contribution in [2.45, 2.75) is 52.1 Å². The van der Waals surface area contributed by atoms with Crippen LogP contribution in [-0.2, 0) is 16.1 Å². The molecule has 0 unspecified atom stereocenters. The number of piperidine rings is 1. The number of nitrogens with zero attached hydrogens (tertiary/aromatic N) is 2. The quantitative estimate of drug-likeness (QED) is 0.572. The summed E-state index contributed by atoms with van der Waals surface area (Å²) >= 11 is 1.67. The van der Waals surface area contributed by atoms with Crippen molar-refractivity contribution in [3.8, 4) is 5.75 Å². The average molecular weight is 484 g/mol. The molecule has 34 heavy (non-hydrogen) atoms. The zero-order valence-electron chi connectivity index (χ0n) is 20.6. The van der Waals surface area contributed by atoms with Crippen LogP contribution < -0.4 is 10.1 Å². The van der Waals surface area contributed by atoms with Crippen LogP contribution in [0.2, 0.25) is 0 Å². The Kier molecular flexibility index (Phi) is 7.94. The van der Waals surface area contributed by atoms with Gasteiger partial charge in [-0.25, -0.2) is 0 Å². The number of hydrogen-bond donors (Lipinski definition) is 1. The largest absolute Gasteiger partial charge is 0.497 e. The number of carbonyl (C=O) groups excluding carboxylic acids is 2. The molecule has 0 saturated carbocycles. The minimum absolute atomic E-state index is 0.0229. The molecule has 1 aromatic heterocycles. The number of amides is 2. The van der Waals surface area contributed by atoms with Gasteiger partial charge in [-0.1, -0.05) is 26.0 Å². The lowest BCUT2D eigenvalue weighted by atomic mass is 9.77. The minimum Gasteiger partial charge on any atom is -0.497 e. The molecule has 1 atom stereocenters. The van der Waals surface area contributed by atoms with E-state index in [2.05, 4.69) is 27.0 Å². The summed E-state index contributed by atoms with van der Waals surface area (Å²) in [5.41, 5.74) is 2.14. The van der Waals surface area contributed by atoms with E-state index in [0.717, 1.165) is 63.2 Å². The van der Waals surface area contributed by atoms with Crippen molar-refractivity contribution in [2.75, 3.05) is 33.3 Å². The highest BCUT2D eigenvalue weighted by Crippen LogP contribution is 2.42. The van der Waals surface area contributed by atoms with Gasteiger partial charge in [-0.05, 0) is 78.9 Å². The molecule has 0 radical (unpaired) electrons. The fourth-order valence-electron chi connectivity index (χ4n) is 5.11. The monoisotopic (exact) mass is 483 g/mol. The predicted octanol–water partition coefficient (Wildman–Crippen LogP) is 4.47. The standard InChI is InChI=1S/C27H37N3O3S/c1-20(2)25(31)28-24(22-9-17-34-19-22)8-13-29-14-10-27(11-15-29)12-16-30(26(27)32)18-21-4-6-23(33-3)7-5-21/h4-7,9,17,19-20,24H,8,10-16,18H2,1-3H3,(H,28,31)/t24-/m0/s1. The van der Waals surface area contributed by atoms with Gasteiger partial charge in [-0.15, -0.1) is 0 Å². The van der Waals surface area contributed by atoms with Crippen LogP contribution in [0, 0.1) is 11.3 Å².